The van der Waals surface area contributed by atoms with Gasteiger partial charge in [-0.3, -0.25) is 4.79 Å². The number of fused-ring (bicyclic) bond motifs is 1. The molecule has 0 fully saturated rings. The monoisotopic (exact) mass is 378 g/mol. The molecule has 2 heterocycles. The predicted octanol–water partition coefficient (Wildman–Crippen LogP) is 3.13. The lowest BCUT2D eigenvalue weighted by Crippen LogP contribution is -2.36. The third kappa shape index (κ3) is 4.11. The standard InChI is InChI=1S/C17H19ClN4O2S/c1-21(2)16(23)15-20-13-6-8-22(9-7-14(13)25-15)17(24)19-12-5-3-4-11(18)10-12/h3-5,10H,6-9H2,1-2H3,(H,19,24). The smallest absolute Gasteiger partial charge is 0.321 e. The van der Waals surface area contributed by atoms with Gasteiger partial charge in [-0.15, -0.1) is 11.3 Å². The van der Waals surface area contributed by atoms with E-state index in [1.807, 2.05) is 0 Å². The van der Waals surface area contributed by atoms with Crippen LogP contribution in [0.2, 0.25) is 5.02 Å². The first-order chi connectivity index (χ1) is 11.9. The fourth-order valence-corrected chi connectivity index (χ4v) is 3.93. The summed E-state index contributed by atoms with van der Waals surface area (Å²) in [6.45, 7) is 1.16. The number of rotatable bonds is 2. The van der Waals surface area contributed by atoms with Gasteiger partial charge in [-0.1, -0.05) is 17.7 Å². The van der Waals surface area contributed by atoms with E-state index in [-0.39, 0.29) is 11.9 Å². The minimum Gasteiger partial charge on any atom is -0.343 e. The van der Waals surface area contributed by atoms with Crippen molar-refractivity contribution < 1.29 is 9.59 Å². The second-order valence-electron chi connectivity index (χ2n) is 6.02. The summed E-state index contributed by atoms with van der Waals surface area (Å²) in [5.41, 5.74) is 1.60. The number of benzene rings is 1. The second kappa shape index (κ2) is 7.41. The van der Waals surface area contributed by atoms with Crippen molar-refractivity contribution in [3.05, 3.63) is 44.9 Å². The zero-order valence-electron chi connectivity index (χ0n) is 14.1. The van der Waals surface area contributed by atoms with E-state index in [1.54, 1.807) is 43.3 Å². The van der Waals surface area contributed by atoms with Crippen LogP contribution < -0.4 is 5.32 Å². The summed E-state index contributed by atoms with van der Waals surface area (Å²) in [6.07, 6.45) is 1.35. The van der Waals surface area contributed by atoms with E-state index >= 15 is 0 Å². The number of carbonyl (C=O) groups excluding carboxylic acids is 2. The molecular weight excluding hydrogens is 360 g/mol. The van der Waals surface area contributed by atoms with Gasteiger partial charge in [-0.2, -0.15) is 0 Å². The van der Waals surface area contributed by atoms with Crippen molar-refractivity contribution in [1.82, 2.24) is 14.8 Å². The maximum atomic E-state index is 12.5. The molecule has 3 rings (SSSR count). The Bertz CT molecular complexity index is 780. The van der Waals surface area contributed by atoms with E-state index in [0.29, 0.717) is 41.6 Å². The Morgan fingerprint density at radius 3 is 2.76 bits per heavy atom. The normalized spacial score (nSPS) is 13.8. The molecule has 132 valence electrons. The topological polar surface area (TPSA) is 65.5 Å². The zero-order chi connectivity index (χ0) is 18.0. The Morgan fingerprint density at radius 1 is 1.28 bits per heavy atom. The molecule has 1 N–H and O–H groups in total. The minimum absolute atomic E-state index is 0.0753. The highest BCUT2D eigenvalue weighted by atomic mass is 35.5. The first kappa shape index (κ1) is 17.7. The number of urea groups is 1. The molecule has 0 bridgehead atoms. The van der Waals surface area contributed by atoms with E-state index in [4.69, 9.17) is 11.6 Å². The number of amides is 3. The highest BCUT2D eigenvalue weighted by Crippen LogP contribution is 2.24. The third-order valence-electron chi connectivity index (χ3n) is 3.96. The van der Waals surface area contributed by atoms with Gasteiger partial charge in [0.2, 0.25) is 0 Å². The average Bonchev–Trinajstić information content (AvgIpc) is 2.87. The summed E-state index contributed by atoms with van der Waals surface area (Å²) in [7, 11) is 3.44. The van der Waals surface area contributed by atoms with Gasteiger partial charge in [0.25, 0.3) is 5.91 Å². The summed E-state index contributed by atoms with van der Waals surface area (Å²) < 4.78 is 0. The van der Waals surface area contributed by atoms with E-state index in [2.05, 4.69) is 10.3 Å². The van der Waals surface area contributed by atoms with Crippen molar-refractivity contribution in [2.75, 3.05) is 32.5 Å². The van der Waals surface area contributed by atoms with Crippen molar-refractivity contribution in [3.8, 4) is 0 Å². The van der Waals surface area contributed by atoms with Crippen LogP contribution in [0.5, 0.6) is 0 Å². The molecule has 0 saturated carbocycles. The van der Waals surface area contributed by atoms with E-state index in [9.17, 15) is 9.59 Å². The van der Waals surface area contributed by atoms with Crippen LogP contribution in [0.1, 0.15) is 20.4 Å². The zero-order valence-corrected chi connectivity index (χ0v) is 15.7. The Kier molecular flexibility index (Phi) is 5.24. The fraction of sp³-hybridized carbons (Fsp3) is 0.353. The number of thiazole rings is 1. The fourth-order valence-electron chi connectivity index (χ4n) is 2.62. The first-order valence-corrected chi connectivity index (χ1v) is 9.15. The molecule has 2 aromatic rings. The molecule has 1 aliphatic rings. The lowest BCUT2D eigenvalue weighted by Gasteiger charge is -2.20. The van der Waals surface area contributed by atoms with Gasteiger partial charge in [0.1, 0.15) is 0 Å². The van der Waals surface area contributed by atoms with Crippen LogP contribution >= 0.6 is 22.9 Å². The summed E-state index contributed by atoms with van der Waals surface area (Å²) in [5, 5.41) is 3.97. The molecule has 1 aromatic heterocycles. The summed E-state index contributed by atoms with van der Waals surface area (Å²) in [6, 6.07) is 6.93. The van der Waals surface area contributed by atoms with Crippen LogP contribution in [0.4, 0.5) is 10.5 Å². The van der Waals surface area contributed by atoms with E-state index in [1.165, 1.54) is 16.2 Å². The number of carbonyl (C=O) groups is 2. The van der Waals surface area contributed by atoms with E-state index < -0.39 is 0 Å². The molecule has 0 aliphatic carbocycles. The Labute approximate surface area is 155 Å². The van der Waals surface area contributed by atoms with Crippen LogP contribution in [0.15, 0.2) is 24.3 Å². The van der Waals surface area contributed by atoms with Crippen LogP contribution in [-0.4, -0.2) is 53.9 Å². The van der Waals surface area contributed by atoms with Crippen LogP contribution in [-0.2, 0) is 12.8 Å². The van der Waals surface area contributed by atoms with Crippen molar-refractivity contribution in [3.63, 3.8) is 0 Å². The number of hydrogen-bond donors (Lipinski definition) is 1. The SMILES string of the molecule is CN(C)C(=O)c1nc2c(s1)CCN(C(=O)Nc1cccc(Cl)c1)CC2. The summed E-state index contributed by atoms with van der Waals surface area (Å²) >= 11 is 7.37. The first-order valence-electron chi connectivity index (χ1n) is 7.96. The molecule has 8 heteroatoms. The Morgan fingerprint density at radius 2 is 2.04 bits per heavy atom. The van der Waals surface area contributed by atoms with Gasteiger partial charge in [-0.25, -0.2) is 9.78 Å². The highest BCUT2D eigenvalue weighted by Gasteiger charge is 2.24. The summed E-state index contributed by atoms with van der Waals surface area (Å²) in [5.74, 6) is -0.0753. The van der Waals surface area contributed by atoms with Gasteiger partial charge in [-0.05, 0) is 18.2 Å². The van der Waals surface area contributed by atoms with Crippen LogP contribution in [0.3, 0.4) is 0 Å². The van der Waals surface area contributed by atoms with Gasteiger partial charge < -0.3 is 15.1 Å². The molecule has 3 amide bonds. The van der Waals surface area contributed by atoms with Crippen molar-refractivity contribution >= 4 is 40.6 Å². The molecule has 6 nitrogen and oxygen atoms in total. The molecule has 0 unspecified atom stereocenters. The van der Waals surface area contributed by atoms with Gasteiger partial charge >= 0.3 is 6.03 Å². The maximum Gasteiger partial charge on any atom is 0.321 e. The van der Waals surface area contributed by atoms with Crippen LogP contribution in [0, 0.1) is 0 Å². The Hall–Kier alpha value is -2.12. The number of nitrogens with zero attached hydrogens (tertiary/aromatic N) is 3. The molecule has 25 heavy (non-hydrogen) atoms. The number of nitrogens with one attached hydrogen (secondary N) is 1. The van der Waals surface area contributed by atoms with Crippen LogP contribution in [0.25, 0.3) is 0 Å². The molecule has 0 atom stereocenters. The maximum absolute atomic E-state index is 12.5. The molecule has 0 radical (unpaired) electrons. The van der Waals surface area contributed by atoms with Crippen molar-refractivity contribution in [1.29, 1.82) is 0 Å². The van der Waals surface area contributed by atoms with Crippen molar-refractivity contribution in [2.24, 2.45) is 0 Å². The average molecular weight is 379 g/mol. The molecule has 0 saturated heterocycles. The third-order valence-corrected chi connectivity index (χ3v) is 5.34. The highest BCUT2D eigenvalue weighted by molar-refractivity contribution is 7.13. The Balaban J connectivity index is 1.65. The minimum atomic E-state index is -0.151. The molecule has 0 spiro atoms. The summed E-state index contributed by atoms with van der Waals surface area (Å²) in [4.78, 5) is 33.4. The number of hydrogen-bond acceptors (Lipinski definition) is 4. The van der Waals surface area contributed by atoms with Gasteiger partial charge in [0.05, 0.1) is 5.69 Å². The quantitative estimate of drug-likeness (QED) is 0.873. The molecule has 1 aromatic carbocycles. The largest absolute Gasteiger partial charge is 0.343 e. The van der Waals surface area contributed by atoms with Gasteiger partial charge in [0, 0.05) is 55.6 Å². The van der Waals surface area contributed by atoms with E-state index in [0.717, 1.165) is 10.6 Å². The lowest BCUT2D eigenvalue weighted by molar-refractivity contribution is 0.0827. The number of aromatic nitrogens is 1. The van der Waals surface area contributed by atoms with Crippen molar-refractivity contribution in [2.45, 2.75) is 12.8 Å². The second-order valence-corrected chi connectivity index (χ2v) is 7.54. The molecule has 1 aliphatic heterocycles. The molecular formula is C17H19ClN4O2S. The number of halogens is 1. The lowest BCUT2D eigenvalue weighted by atomic mass is 10.2. The predicted molar refractivity (Wildman–Crippen MR) is 99.6 cm³/mol. The van der Waals surface area contributed by atoms with Gasteiger partial charge in [0.15, 0.2) is 5.01 Å². The number of anilines is 1.